The highest BCUT2D eigenvalue weighted by Gasteiger charge is 2.41. The number of ether oxygens (including phenoxy) is 1. The Morgan fingerprint density at radius 1 is 1.11 bits per heavy atom. The summed E-state index contributed by atoms with van der Waals surface area (Å²) in [7, 11) is -2.93. The van der Waals surface area contributed by atoms with Crippen LogP contribution in [0.5, 0.6) is 0 Å². The summed E-state index contributed by atoms with van der Waals surface area (Å²) >= 11 is 12.0. The van der Waals surface area contributed by atoms with Gasteiger partial charge in [-0.15, -0.1) is 0 Å². The third-order valence-electron chi connectivity index (χ3n) is 8.38. The monoisotopic (exact) mass is 680 g/mol. The molecule has 2 aliphatic rings. The van der Waals surface area contributed by atoms with Crippen LogP contribution < -0.4 is 11.0 Å². The van der Waals surface area contributed by atoms with Crippen molar-refractivity contribution in [3.8, 4) is 0 Å². The number of imidazole rings is 1. The summed E-state index contributed by atoms with van der Waals surface area (Å²) in [4.78, 5) is 59.9. The second-order valence-electron chi connectivity index (χ2n) is 11.3. The number of sulfonamides is 1. The Hall–Kier alpha value is -3.46. The number of nitrogens with zero attached hydrogens (tertiary/aromatic N) is 4. The largest absolute Gasteiger partial charge is 0.467 e. The Labute approximate surface area is 269 Å². The SMILES string of the molecule is COC(=O)[C@H](CCC(=O)N1CCC(Cn2c(=O)[nH]c3cnccc32)CC1)NC(=O)[C@@H]1CCCN1S(=O)(=O)c1cc(Cl)cc(Cl)c1. The van der Waals surface area contributed by atoms with Crippen molar-refractivity contribution in [2.75, 3.05) is 26.7 Å². The Bertz CT molecular complexity index is 1730. The normalized spacial score (nSPS) is 18.6. The summed E-state index contributed by atoms with van der Waals surface area (Å²) in [6, 6.07) is 3.53. The number of carbonyl (C=O) groups is 3. The van der Waals surface area contributed by atoms with Gasteiger partial charge in [0.2, 0.25) is 21.8 Å². The summed E-state index contributed by atoms with van der Waals surface area (Å²) in [5, 5.41) is 2.90. The second-order valence-corrected chi connectivity index (χ2v) is 14.0. The lowest BCUT2D eigenvalue weighted by Crippen LogP contribution is -2.51. The fourth-order valence-corrected chi connectivity index (χ4v) is 8.39. The molecule has 5 rings (SSSR count). The molecular weight excluding hydrogens is 647 g/mol. The highest BCUT2D eigenvalue weighted by atomic mass is 35.5. The van der Waals surface area contributed by atoms with Gasteiger partial charge in [-0.2, -0.15) is 4.31 Å². The van der Waals surface area contributed by atoms with Crippen LogP contribution in [0.2, 0.25) is 10.0 Å². The second kappa shape index (κ2) is 13.9. The zero-order chi connectivity index (χ0) is 32.3. The first-order valence-electron chi connectivity index (χ1n) is 14.6. The molecule has 0 unspecified atom stereocenters. The molecule has 0 aliphatic carbocycles. The highest BCUT2D eigenvalue weighted by molar-refractivity contribution is 7.89. The van der Waals surface area contributed by atoms with Crippen LogP contribution in [0, 0.1) is 5.92 Å². The number of hydrogen-bond donors (Lipinski definition) is 2. The molecule has 2 atom stereocenters. The zero-order valence-electron chi connectivity index (χ0n) is 24.6. The van der Waals surface area contributed by atoms with E-state index in [-0.39, 0.29) is 58.3 Å². The van der Waals surface area contributed by atoms with Gasteiger partial charge in [-0.1, -0.05) is 23.2 Å². The maximum Gasteiger partial charge on any atom is 0.328 e. The molecule has 242 valence electrons. The summed E-state index contributed by atoms with van der Waals surface area (Å²) in [6.07, 6.45) is 5.32. The van der Waals surface area contributed by atoms with E-state index in [4.69, 9.17) is 27.9 Å². The van der Waals surface area contributed by atoms with Crippen LogP contribution in [0.25, 0.3) is 11.0 Å². The molecule has 2 saturated heterocycles. The maximum absolute atomic E-state index is 13.4. The number of rotatable bonds is 10. The number of pyridine rings is 1. The van der Waals surface area contributed by atoms with Crippen molar-refractivity contribution < 1.29 is 27.5 Å². The van der Waals surface area contributed by atoms with Crippen molar-refractivity contribution >= 4 is 62.0 Å². The molecule has 0 spiro atoms. The highest BCUT2D eigenvalue weighted by Crippen LogP contribution is 2.30. The molecule has 2 fully saturated rings. The standard InChI is InChI=1S/C29H34Cl2N6O7S/c1-44-28(40)22(33-27(39)25-3-2-10-37(25)45(42,43)21-14-19(30)13-20(31)15-21)4-5-26(38)35-11-7-18(8-12-35)17-36-24-6-9-32-16-23(24)34-29(36)41/h6,9,13-16,18,22,25H,2-5,7-8,10-12,17H2,1H3,(H,33,39)(H,34,41)/t22-,25-/m0/s1. The van der Waals surface area contributed by atoms with E-state index in [0.29, 0.717) is 44.4 Å². The number of benzene rings is 1. The average molecular weight is 682 g/mol. The van der Waals surface area contributed by atoms with Gasteiger partial charge in [0.25, 0.3) is 0 Å². The Morgan fingerprint density at radius 3 is 2.51 bits per heavy atom. The number of nitrogens with one attached hydrogen (secondary N) is 2. The predicted octanol–water partition coefficient (Wildman–Crippen LogP) is 2.56. The number of halogens is 2. The molecule has 1 aromatic carbocycles. The summed E-state index contributed by atoms with van der Waals surface area (Å²) in [5.41, 5.74) is 1.27. The molecule has 3 aromatic rings. The third kappa shape index (κ3) is 7.35. The molecule has 0 radical (unpaired) electrons. The van der Waals surface area contributed by atoms with E-state index in [1.54, 1.807) is 27.9 Å². The topological polar surface area (TPSA) is 164 Å². The number of carbonyl (C=O) groups excluding carboxylic acids is 3. The van der Waals surface area contributed by atoms with E-state index in [9.17, 15) is 27.6 Å². The molecule has 0 bridgehead atoms. The summed E-state index contributed by atoms with van der Waals surface area (Å²) < 4.78 is 34.4. The van der Waals surface area contributed by atoms with Crippen molar-refractivity contribution in [2.45, 2.75) is 62.0 Å². The number of likely N-dealkylation sites (tertiary alicyclic amines) is 1. The molecule has 0 saturated carbocycles. The first-order chi connectivity index (χ1) is 21.5. The van der Waals surface area contributed by atoms with E-state index < -0.39 is 34.0 Å². The van der Waals surface area contributed by atoms with E-state index >= 15 is 0 Å². The Morgan fingerprint density at radius 2 is 1.82 bits per heavy atom. The van der Waals surface area contributed by atoms with Crippen LogP contribution in [0.3, 0.4) is 0 Å². The molecule has 45 heavy (non-hydrogen) atoms. The summed E-state index contributed by atoms with van der Waals surface area (Å²) in [6.45, 7) is 1.63. The number of fused-ring (bicyclic) bond motifs is 1. The molecular formula is C29H34Cl2N6O7S. The minimum Gasteiger partial charge on any atom is -0.467 e. The van der Waals surface area contributed by atoms with Crippen LogP contribution in [0.4, 0.5) is 0 Å². The van der Waals surface area contributed by atoms with Gasteiger partial charge in [0, 0.05) is 48.8 Å². The zero-order valence-corrected chi connectivity index (χ0v) is 26.9. The van der Waals surface area contributed by atoms with Crippen molar-refractivity contribution in [1.29, 1.82) is 0 Å². The minimum absolute atomic E-state index is 0.0146. The third-order valence-corrected chi connectivity index (χ3v) is 10.7. The Balaban J connectivity index is 1.16. The molecule has 16 heteroatoms. The van der Waals surface area contributed by atoms with E-state index in [0.717, 1.165) is 9.82 Å². The fraction of sp³-hybridized carbons (Fsp3) is 0.483. The molecule has 2 aliphatic heterocycles. The van der Waals surface area contributed by atoms with Crippen molar-refractivity contribution in [1.82, 2.24) is 29.1 Å². The first-order valence-corrected chi connectivity index (χ1v) is 16.8. The van der Waals surface area contributed by atoms with Crippen LogP contribution in [0.15, 0.2) is 46.3 Å². The van der Waals surface area contributed by atoms with Gasteiger partial charge in [0.05, 0.1) is 29.2 Å². The van der Waals surface area contributed by atoms with Crippen molar-refractivity contribution in [3.05, 3.63) is 57.2 Å². The minimum atomic E-state index is -4.11. The number of aromatic amines is 1. The Kier molecular flexibility index (Phi) is 10.2. The summed E-state index contributed by atoms with van der Waals surface area (Å²) in [5.74, 6) is -1.36. The van der Waals surface area contributed by atoms with Crippen molar-refractivity contribution in [3.63, 3.8) is 0 Å². The number of methoxy groups -OCH3 is 1. The number of esters is 1. The average Bonchev–Trinajstić information content (AvgIpc) is 3.64. The van der Waals surface area contributed by atoms with Crippen LogP contribution in [-0.2, 0) is 35.7 Å². The number of hydrogen-bond acceptors (Lipinski definition) is 8. The number of aromatic nitrogens is 3. The lowest BCUT2D eigenvalue weighted by atomic mass is 9.96. The predicted molar refractivity (Wildman–Crippen MR) is 166 cm³/mol. The molecule has 2 aromatic heterocycles. The van der Waals surface area contributed by atoms with E-state index in [1.165, 1.54) is 25.3 Å². The van der Waals surface area contributed by atoms with Gasteiger partial charge < -0.3 is 19.9 Å². The van der Waals surface area contributed by atoms with Gasteiger partial charge in [-0.05, 0) is 62.3 Å². The van der Waals surface area contributed by atoms with E-state index in [2.05, 4.69) is 15.3 Å². The lowest BCUT2D eigenvalue weighted by Gasteiger charge is -2.32. The van der Waals surface area contributed by atoms with Crippen LogP contribution in [-0.4, -0.2) is 88.8 Å². The number of piperidine rings is 1. The molecule has 2 amide bonds. The number of H-pyrrole nitrogens is 1. The number of amides is 2. The van der Waals surface area contributed by atoms with Crippen molar-refractivity contribution in [2.24, 2.45) is 5.92 Å². The van der Waals surface area contributed by atoms with Gasteiger partial charge in [0.1, 0.15) is 12.1 Å². The quantitative estimate of drug-likeness (QED) is 0.309. The van der Waals surface area contributed by atoms with Crippen LogP contribution in [0.1, 0.15) is 38.5 Å². The smallest absolute Gasteiger partial charge is 0.328 e. The lowest BCUT2D eigenvalue weighted by molar-refractivity contribution is -0.146. The van der Waals surface area contributed by atoms with Gasteiger partial charge in [0.15, 0.2) is 0 Å². The van der Waals surface area contributed by atoms with Gasteiger partial charge >= 0.3 is 11.7 Å². The first kappa shape index (κ1) is 32.9. The van der Waals surface area contributed by atoms with E-state index in [1.807, 2.05) is 0 Å². The molecule has 2 N–H and O–H groups in total. The fourth-order valence-electron chi connectivity index (χ4n) is 6.00. The molecule has 4 heterocycles. The maximum atomic E-state index is 13.4. The molecule has 13 nitrogen and oxygen atoms in total. The van der Waals surface area contributed by atoms with Gasteiger partial charge in [-0.25, -0.2) is 18.0 Å². The van der Waals surface area contributed by atoms with Gasteiger partial charge in [-0.3, -0.25) is 19.1 Å². The van der Waals surface area contributed by atoms with Crippen LogP contribution >= 0.6 is 23.2 Å².